The molecule has 1 saturated heterocycles. The third-order valence-electron chi connectivity index (χ3n) is 5.86. The Bertz CT molecular complexity index is 1460. The normalized spacial score (nSPS) is 18.2. The lowest BCUT2D eigenvalue weighted by atomic mass is 10.0. The molecule has 0 radical (unpaired) electrons. The summed E-state index contributed by atoms with van der Waals surface area (Å²) < 4.78 is 38.1. The minimum atomic E-state index is -4.12. The number of rotatable bonds is 5. The van der Waals surface area contributed by atoms with Crippen LogP contribution in [0.4, 0.5) is 5.69 Å². The Morgan fingerprint density at radius 2 is 1.92 bits per heavy atom. The van der Waals surface area contributed by atoms with Gasteiger partial charge >= 0.3 is 11.9 Å². The van der Waals surface area contributed by atoms with E-state index in [4.69, 9.17) is 4.42 Å². The number of esters is 1. The number of furan rings is 1. The van der Waals surface area contributed by atoms with E-state index in [1.54, 1.807) is 38.4 Å². The summed E-state index contributed by atoms with van der Waals surface area (Å²) in [6, 6.07) is 7.98. The van der Waals surface area contributed by atoms with E-state index in [1.165, 1.54) is 36.0 Å². The molecule has 192 valence electrons. The number of nitrogens with one attached hydrogen (secondary N) is 2. The summed E-state index contributed by atoms with van der Waals surface area (Å²) in [6.45, 7) is 5.27. The van der Waals surface area contributed by atoms with Crippen LogP contribution in [0.1, 0.15) is 20.8 Å². The first-order valence-corrected chi connectivity index (χ1v) is 13.5. The number of nitrogens with zero attached hydrogens (tertiary/aromatic N) is 1. The molecule has 0 saturated carbocycles. The van der Waals surface area contributed by atoms with Gasteiger partial charge in [0.25, 0.3) is 5.91 Å². The van der Waals surface area contributed by atoms with Gasteiger partial charge in [-0.3, -0.25) is 14.8 Å². The highest BCUT2D eigenvalue weighted by Crippen LogP contribution is 2.39. The van der Waals surface area contributed by atoms with Crippen LogP contribution in [0, 0.1) is 0 Å². The van der Waals surface area contributed by atoms with E-state index in [0.717, 1.165) is 4.31 Å². The zero-order valence-corrected chi connectivity index (χ0v) is 21.4. The van der Waals surface area contributed by atoms with Crippen molar-refractivity contribution in [2.75, 3.05) is 24.2 Å². The Hall–Kier alpha value is -3.13. The lowest BCUT2D eigenvalue weighted by Crippen LogP contribution is -2.61. The number of anilines is 1. The molecule has 4 rings (SSSR count). The van der Waals surface area contributed by atoms with Gasteiger partial charge in [0, 0.05) is 39.6 Å². The van der Waals surface area contributed by atoms with E-state index in [9.17, 15) is 28.0 Å². The summed E-state index contributed by atoms with van der Waals surface area (Å²) in [5, 5.41) is 12.8. The minimum absolute atomic E-state index is 0.0316. The highest BCUT2D eigenvalue weighted by molar-refractivity contribution is 8.01. The molecule has 11 nitrogen and oxygen atoms in total. The van der Waals surface area contributed by atoms with Crippen LogP contribution < -0.4 is 10.8 Å². The summed E-state index contributed by atoms with van der Waals surface area (Å²) in [7, 11) is -4.12. The SMILES string of the molecule is CCOC(=O)C(=O)Nc1ccc2c(c1)oc1ccc(S(=O)(=O)N3CCSC(C)(C)C3C(=O)NO)cc12. The fourth-order valence-corrected chi connectivity index (χ4v) is 7.36. The van der Waals surface area contributed by atoms with Gasteiger partial charge in [-0.2, -0.15) is 16.1 Å². The van der Waals surface area contributed by atoms with Gasteiger partial charge in [-0.15, -0.1) is 0 Å². The predicted octanol–water partition coefficient (Wildman–Crippen LogP) is 2.48. The van der Waals surface area contributed by atoms with Crippen molar-refractivity contribution < 1.29 is 37.2 Å². The van der Waals surface area contributed by atoms with Crippen molar-refractivity contribution in [2.45, 2.75) is 36.5 Å². The first-order valence-electron chi connectivity index (χ1n) is 11.0. The van der Waals surface area contributed by atoms with Crippen LogP contribution in [0.3, 0.4) is 0 Å². The average Bonchev–Trinajstić information content (AvgIpc) is 3.20. The molecule has 36 heavy (non-hydrogen) atoms. The van der Waals surface area contributed by atoms with Gasteiger partial charge in [0.05, 0.1) is 11.5 Å². The van der Waals surface area contributed by atoms with Gasteiger partial charge in [0.1, 0.15) is 17.2 Å². The first kappa shape index (κ1) is 25.9. The van der Waals surface area contributed by atoms with Gasteiger partial charge < -0.3 is 14.5 Å². The van der Waals surface area contributed by atoms with Gasteiger partial charge in [0.2, 0.25) is 10.0 Å². The van der Waals surface area contributed by atoms with Crippen LogP contribution in [-0.4, -0.2) is 65.4 Å². The summed E-state index contributed by atoms with van der Waals surface area (Å²) in [6.07, 6.45) is 0. The molecule has 3 N–H and O–H groups in total. The summed E-state index contributed by atoms with van der Waals surface area (Å²) in [4.78, 5) is 35.9. The van der Waals surface area contributed by atoms with E-state index in [1.807, 2.05) is 0 Å². The Morgan fingerprint density at radius 3 is 2.61 bits per heavy atom. The third-order valence-corrected chi connectivity index (χ3v) is 9.07. The molecule has 1 fully saturated rings. The second-order valence-corrected chi connectivity index (χ2v) is 12.2. The molecule has 0 bridgehead atoms. The molecule has 1 unspecified atom stereocenters. The van der Waals surface area contributed by atoms with Crippen LogP contribution >= 0.6 is 11.8 Å². The van der Waals surface area contributed by atoms with Crippen LogP contribution in [-0.2, 0) is 29.1 Å². The standard InChI is InChI=1S/C23H25N3O8S2/c1-4-33-22(29)21(28)24-13-5-7-15-16-12-14(6-8-17(16)34-18(15)11-13)36(31,32)26-9-10-35-23(2,3)19(26)20(27)25-30/h5-8,11-12,19,30H,4,9-10H2,1-3H3,(H,24,28)(H,25,27). The number of hydroxylamine groups is 1. The number of carbonyl (C=O) groups excluding carboxylic acids is 3. The Labute approximate surface area is 211 Å². The van der Waals surface area contributed by atoms with Crippen molar-refractivity contribution in [1.82, 2.24) is 9.79 Å². The molecule has 3 aromatic rings. The number of hydrogen-bond donors (Lipinski definition) is 3. The Kier molecular flexibility index (Phi) is 7.01. The Morgan fingerprint density at radius 1 is 1.17 bits per heavy atom. The van der Waals surface area contributed by atoms with E-state index in [0.29, 0.717) is 33.4 Å². The van der Waals surface area contributed by atoms with Gasteiger partial charge in [-0.1, -0.05) is 0 Å². The molecule has 0 spiro atoms. The number of thioether (sulfide) groups is 1. The fraction of sp³-hybridized carbons (Fsp3) is 0.348. The second kappa shape index (κ2) is 9.73. The second-order valence-electron chi connectivity index (χ2n) is 8.59. The number of ether oxygens (including phenoxy) is 1. The number of sulfonamides is 1. The van der Waals surface area contributed by atoms with E-state index < -0.39 is 38.6 Å². The molecule has 1 aliphatic heterocycles. The molecule has 0 aliphatic carbocycles. The maximum Gasteiger partial charge on any atom is 0.397 e. The number of amides is 2. The van der Waals surface area contributed by atoms with Crippen molar-refractivity contribution in [3.63, 3.8) is 0 Å². The molecule has 1 aliphatic rings. The van der Waals surface area contributed by atoms with E-state index in [-0.39, 0.29) is 18.0 Å². The maximum atomic E-state index is 13.6. The van der Waals surface area contributed by atoms with Crippen molar-refractivity contribution in [3.8, 4) is 0 Å². The number of carbonyl (C=O) groups is 3. The van der Waals surface area contributed by atoms with Crippen LogP contribution in [0.15, 0.2) is 45.7 Å². The first-order chi connectivity index (χ1) is 17.0. The lowest BCUT2D eigenvalue weighted by molar-refractivity contribution is -0.152. The van der Waals surface area contributed by atoms with Crippen LogP contribution in [0.25, 0.3) is 21.9 Å². The molecule has 2 aromatic carbocycles. The summed E-state index contributed by atoms with van der Waals surface area (Å²) in [5.41, 5.74) is 2.68. The molecule has 2 amide bonds. The smallest absolute Gasteiger partial charge is 0.397 e. The molecular formula is C23H25N3O8S2. The van der Waals surface area contributed by atoms with Crippen molar-refractivity contribution in [2.24, 2.45) is 0 Å². The monoisotopic (exact) mass is 535 g/mol. The number of fused-ring (bicyclic) bond motifs is 3. The fourth-order valence-electron chi connectivity index (χ4n) is 4.23. The highest BCUT2D eigenvalue weighted by atomic mass is 32.2. The van der Waals surface area contributed by atoms with Crippen molar-refractivity contribution >= 4 is 67.2 Å². The summed E-state index contributed by atoms with van der Waals surface area (Å²) in [5.74, 6) is -2.25. The highest BCUT2D eigenvalue weighted by Gasteiger charge is 2.48. The quantitative estimate of drug-likeness (QED) is 0.193. The predicted molar refractivity (Wildman–Crippen MR) is 133 cm³/mol. The van der Waals surface area contributed by atoms with Crippen LogP contribution in [0.5, 0.6) is 0 Å². The number of benzene rings is 2. The minimum Gasteiger partial charge on any atom is -0.459 e. The largest absolute Gasteiger partial charge is 0.459 e. The van der Waals surface area contributed by atoms with E-state index >= 15 is 0 Å². The molecule has 1 aromatic heterocycles. The Balaban J connectivity index is 1.71. The molecule has 13 heteroatoms. The molecule has 2 heterocycles. The van der Waals surface area contributed by atoms with Crippen molar-refractivity contribution in [1.29, 1.82) is 0 Å². The zero-order valence-electron chi connectivity index (χ0n) is 19.7. The topological polar surface area (TPSA) is 155 Å². The van der Waals surface area contributed by atoms with Crippen LogP contribution in [0.2, 0.25) is 0 Å². The van der Waals surface area contributed by atoms with Crippen molar-refractivity contribution in [3.05, 3.63) is 36.4 Å². The van der Waals surface area contributed by atoms with E-state index in [2.05, 4.69) is 10.1 Å². The molecular weight excluding hydrogens is 510 g/mol. The summed E-state index contributed by atoms with van der Waals surface area (Å²) >= 11 is 1.45. The third kappa shape index (κ3) is 4.66. The lowest BCUT2D eigenvalue weighted by Gasteiger charge is -2.43. The zero-order chi connectivity index (χ0) is 26.3. The van der Waals surface area contributed by atoms with Gasteiger partial charge in [-0.25, -0.2) is 18.7 Å². The number of hydrogen-bond acceptors (Lipinski definition) is 9. The average molecular weight is 536 g/mol. The van der Waals surface area contributed by atoms with Gasteiger partial charge in [-0.05, 0) is 51.1 Å². The van der Waals surface area contributed by atoms with Gasteiger partial charge in [0.15, 0.2) is 0 Å². The molecule has 1 atom stereocenters. The maximum absolute atomic E-state index is 13.6.